The maximum atomic E-state index is 15.5. The Balaban J connectivity index is 2.40. The van der Waals surface area contributed by atoms with E-state index in [1.54, 1.807) is 0 Å². The molecule has 244 valence electrons. The predicted molar refractivity (Wildman–Crippen MR) is 142 cm³/mol. The SMILES string of the molecule is Cc1c(F)c(/C(C#N)=C2/C(=C(C#N)c3c(F)c(F)c(C#N)c(C#N)c3F)/C2=C(/C#N)c2c(F)c(F)c([N+](=O)[O-])c(F)c2F)c(F)c(F)c1C#N. The van der Waals surface area contributed by atoms with Gasteiger partial charge in [-0.2, -0.15) is 40.4 Å². The third kappa shape index (κ3) is 4.83. The molecule has 0 spiro atoms. The molecule has 1 aliphatic carbocycles. The van der Waals surface area contributed by atoms with Crippen LogP contribution in [-0.2, 0) is 0 Å². The first-order valence-electron chi connectivity index (χ1n) is 12.6. The molecule has 0 heterocycles. The zero-order chi connectivity index (χ0) is 37.7. The molecule has 0 radical (unpaired) electrons. The van der Waals surface area contributed by atoms with E-state index in [9.17, 15) is 48.7 Å². The van der Waals surface area contributed by atoms with Gasteiger partial charge in [0.15, 0.2) is 40.7 Å². The van der Waals surface area contributed by atoms with Crippen LogP contribution in [-0.4, -0.2) is 4.92 Å². The number of nitrogens with zero attached hydrogens (tertiary/aromatic N) is 7. The third-order valence-corrected chi connectivity index (χ3v) is 7.16. The van der Waals surface area contributed by atoms with Crippen molar-refractivity contribution in [1.29, 1.82) is 31.6 Å². The fourth-order valence-electron chi connectivity index (χ4n) is 4.87. The molecule has 1 aliphatic rings. The molecule has 50 heavy (non-hydrogen) atoms. The Bertz CT molecular complexity index is 2490. The summed E-state index contributed by atoms with van der Waals surface area (Å²) in [6.45, 7) is 0.711. The van der Waals surface area contributed by atoms with Crippen LogP contribution in [0, 0.1) is 143 Å². The summed E-state index contributed by atoms with van der Waals surface area (Å²) in [5.41, 5.74) is -22.3. The van der Waals surface area contributed by atoms with Gasteiger partial charge in [0.1, 0.15) is 53.4 Å². The molecule has 0 aromatic heterocycles. The van der Waals surface area contributed by atoms with Crippen molar-refractivity contribution in [1.82, 2.24) is 0 Å². The fourth-order valence-corrected chi connectivity index (χ4v) is 4.87. The molecule has 1 fully saturated rings. The van der Waals surface area contributed by atoms with E-state index in [-0.39, 0.29) is 0 Å². The highest BCUT2D eigenvalue weighted by molar-refractivity contribution is 6.12. The van der Waals surface area contributed by atoms with Crippen molar-refractivity contribution in [2.45, 2.75) is 6.92 Å². The van der Waals surface area contributed by atoms with E-state index in [0.29, 0.717) is 6.92 Å². The van der Waals surface area contributed by atoms with Gasteiger partial charge in [0.25, 0.3) is 0 Å². The van der Waals surface area contributed by atoms with Crippen molar-refractivity contribution in [2.75, 3.05) is 0 Å². The lowest BCUT2D eigenvalue weighted by Crippen LogP contribution is -2.08. The number of allylic oxidation sites excluding steroid dienone is 6. The van der Waals surface area contributed by atoms with Gasteiger partial charge < -0.3 is 0 Å². The summed E-state index contributed by atoms with van der Waals surface area (Å²) in [6, 6.07) is 6.30. The van der Waals surface area contributed by atoms with E-state index in [1.165, 1.54) is 0 Å². The summed E-state index contributed by atoms with van der Waals surface area (Å²) >= 11 is 0. The van der Waals surface area contributed by atoms with Gasteiger partial charge in [-0.3, -0.25) is 10.1 Å². The van der Waals surface area contributed by atoms with Gasteiger partial charge in [0, 0.05) is 22.3 Å². The first-order valence-corrected chi connectivity index (χ1v) is 12.6. The number of nitro groups is 1. The normalized spacial score (nSPS) is 14.7. The van der Waals surface area contributed by atoms with Crippen molar-refractivity contribution in [2.24, 2.45) is 0 Å². The summed E-state index contributed by atoms with van der Waals surface area (Å²) in [4.78, 5) is 9.13. The molecule has 0 N–H and O–H groups in total. The molecule has 0 unspecified atom stereocenters. The highest BCUT2D eigenvalue weighted by Gasteiger charge is 2.46. The molecule has 0 amide bonds. The Labute approximate surface area is 270 Å². The van der Waals surface area contributed by atoms with Crippen molar-refractivity contribution < 1.29 is 48.8 Å². The Kier molecular flexibility index (Phi) is 8.92. The molecule has 19 heteroatoms. The van der Waals surface area contributed by atoms with Crippen LogP contribution in [0.25, 0.3) is 16.7 Å². The minimum atomic E-state index is -2.72. The van der Waals surface area contributed by atoms with Crippen molar-refractivity contribution in [3.63, 3.8) is 0 Å². The highest BCUT2D eigenvalue weighted by atomic mass is 19.2. The molecule has 0 saturated heterocycles. The molecule has 0 bridgehead atoms. The summed E-state index contributed by atoms with van der Waals surface area (Å²) < 4.78 is 151. The van der Waals surface area contributed by atoms with Crippen molar-refractivity contribution >= 4 is 22.4 Å². The Morgan fingerprint density at radius 3 is 1.12 bits per heavy atom. The van der Waals surface area contributed by atoms with E-state index in [4.69, 9.17) is 10.5 Å². The molecule has 1 saturated carbocycles. The molecular weight excluding hydrogens is 692 g/mol. The van der Waals surface area contributed by atoms with Crippen LogP contribution in [0.5, 0.6) is 0 Å². The Morgan fingerprint density at radius 2 is 0.780 bits per heavy atom. The van der Waals surface area contributed by atoms with Gasteiger partial charge in [-0.05, 0) is 6.92 Å². The maximum absolute atomic E-state index is 15.5. The average molecular weight is 695 g/mol. The fraction of sp³-hybridized carbons (Fsp3) is 0.0323. The summed E-state index contributed by atoms with van der Waals surface area (Å²) in [6.07, 6.45) is 0. The summed E-state index contributed by atoms with van der Waals surface area (Å²) in [5.74, 6) is -23.9. The summed E-state index contributed by atoms with van der Waals surface area (Å²) in [5, 5.41) is 68.3. The Morgan fingerprint density at radius 1 is 0.480 bits per heavy atom. The van der Waals surface area contributed by atoms with Crippen molar-refractivity contribution in [3.05, 3.63) is 124 Å². The largest absolute Gasteiger partial charge is 0.346 e. The molecule has 4 rings (SSSR count). The second-order valence-electron chi connectivity index (χ2n) is 9.54. The lowest BCUT2D eigenvalue weighted by molar-refractivity contribution is -0.390. The molecule has 3 aromatic carbocycles. The van der Waals surface area contributed by atoms with Gasteiger partial charge in [0.2, 0.25) is 11.6 Å². The number of nitriles is 6. The van der Waals surface area contributed by atoms with Gasteiger partial charge in [0.05, 0.1) is 43.9 Å². The number of halogens is 10. The van der Waals surface area contributed by atoms with E-state index < -0.39 is 141 Å². The predicted octanol–water partition coefficient (Wildman–Crippen LogP) is 7.15. The van der Waals surface area contributed by atoms with Gasteiger partial charge in [-0.15, -0.1) is 0 Å². The van der Waals surface area contributed by atoms with Gasteiger partial charge in [-0.25, -0.2) is 35.1 Å². The quantitative estimate of drug-likeness (QED) is 0.0905. The molecular formula is C31H3F10N7O2. The third-order valence-electron chi connectivity index (χ3n) is 7.16. The number of hydrogen-bond acceptors (Lipinski definition) is 8. The molecule has 3 aromatic rings. The number of hydrogen-bond donors (Lipinski definition) is 0. The lowest BCUT2D eigenvalue weighted by atomic mass is 9.95. The number of benzene rings is 3. The van der Waals surface area contributed by atoms with E-state index in [1.807, 2.05) is 0 Å². The minimum Gasteiger partial charge on any atom is -0.258 e. The van der Waals surface area contributed by atoms with Crippen LogP contribution in [0.4, 0.5) is 49.6 Å². The van der Waals surface area contributed by atoms with E-state index >= 15 is 26.3 Å². The zero-order valence-corrected chi connectivity index (χ0v) is 23.7. The monoisotopic (exact) mass is 695 g/mol. The Hall–Kier alpha value is -7.48. The number of nitro benzene ring substituents is 1. The van der Waals surface area contributed by atoms with Gasteiger partial charge in [-0.1, -0.05) is 0 Å². The molecule has 0 atom stereocenters. The van der Waals surface area contributed by atoms with Crippen LogP contribution >= 0.6 is 0 Å². The van der Waals surface area contributed by atoms with Crippen LogP contribution in [0.1, 0.15) is 38.9 Å². The van der Waals surface area contributed by atoms with Crippen LogP contribution in [0.2, 0.25) is 0 Å². The van der Waals surface area contributed by atoms with E-state index in [0.717, 1.165) is 36.4 Å². The zero-order valence-electron chi connectivity index (χ0n) is 23.7. The second kappa shape index (κ2) is 12.6. The topological polar surface area (TPSA) is 186 Å². The first kappa shape index (κ1) is 35.4. The maximum Gasteiger partial charge on any atom is 0.346 e. The van der Waals surface area contributed by atoms with Crippen LogP contribution in [0.15, 0.2) is 16.7 Å². The standard InChI is InChI=1S/C31H3F10N7O2/c1-8-9(2-42)23(34)25(36)18(21(8)32)12(5-45)15-16(13(6-46)19-22(33)10(3-43)11(4-44)24(35)26(19)37)17(15)14(7-47)20-27(38)29(40)31(48(49)50)30(41)28(20)39/h1H3/b15-12-,16-13?,17-14-. The lowest BCUT2D eigenvalue weighted by Gasteiger charge is -2.09. The highest BCUT2D eigenvalue weighted by Crippen LogP contribution is 2.57. The smallest absolute Gasteiger partial charge is 0.258 e. The summed E-state index contributed by atoms with van der Waals surface area (Å²) in [7, 11) is 0. The van der Waals surface area contributed by atoms with E-state index in [2.05, 4.69) is 0 Å². The number of rotatable bonds is 4. The first-order chi connectivity index (χ1) is 23.5. The minimum absolute atomic E-state index is 0.711. The average Bonchev–Trinajstić information content (AvgIpc) is 3.80. The van der Waals surface area contributed by atoms with Crippen LogP contribution < -0.4 is 0 Å². The molecule has 0 aliphatic heterocycles. The molecule has 9 nitrogen and oxygen atoms in total. The van der Waals surface area contributed by atoms with Crippen LogP contribution in [0.3, 0.4) is 0 Å². The second-order valence-corrected chi connectivity index (χ2v) is 9.54. The van der Waals surface area contributed by atoms with Gasteiger partial charge >= 0.3 is 5.69 Å². The van der Waals surface area contributed by atoms with Crippen molar-refractivity contribution in [3.8, 4) is 36.4 Å².